The van der Waals surface area contributed by atoms with Crippen LogP contribution in [0.2, 0.25) is 0 Å². The second kappa shape index (κ2) is 9.28. The SMILES string of the molecule is O=C1CCc2ccc(OCCCCN3CCN(c4cccc5sccc45)CC3)cc2O1. The predicted octanol–water partition coefficient (Wildman–Crippen LogP) is 4.73. The fraction of sp³-hybridized carbons (Fsp3) is 0.400. The van der Waals surface area contributed by atoms with Crippen molar-refractivity contribution in [1.29, 1.82) is 0 Å². The van der Waals surface area contributed by atoms with Crippen molar-refractivity contribution in [1.82, 2.24) is 4.90 Å². The summed E-state index contributed by atoms with van der Waals surface area (Å²) in [4.78, 5) is 16.5. The topological polar surface area (TPSA) is 42.0 Å². The Hall–Kier alpha value is -2.57. The van der Waals surface area contributed by atoms with Gasteiger partial charge < -0.3 is 14.4 Å². The monoisotopic (exact) mass is 436 g/mol. The molecule has 0 atom stereocenters. The molecule has 1 fully saturated rings. The summed E-state index contributed by atoms with van der Waals surface area (Å²) < 4.78 is 12.6. The average Bonchev–Trinajstić information content (AvgIpc) is 3.28. The molecular formula is C25H28N2O3S. The van der Waals surface area contributed by atoms with Gasteiger partial charge in [0, 0.05) is 48.0 Å². The number of rotatable bonds is 7. The Morgan fingerprint density at radius 1 is 1.00 bits per heavy atom. The molecule has 31 heavy (non-hydrogen) atoms. The highest BCUT2D eigenvalue weighted by Gasteiger charge is 2.19. The molecule has 6 heteroatoms. The summed E-state index contributed by atoms with van der Waals surface area (Å²) in [6.07, 6.45) is 3.36. The molecule has 1 saturated heterocycles. The Bertz CT molecular complexity index is 1060. The van der Waals surface area contributed by atoms with Gasteiger partial charge in [0.2, 0.25) is 0 Å². The van der Waals surface area contributed by atoms with Crippen LogP contribution in [0.25, 0.3) is 10.1 Å². The van der Waals surface area contributed by atoms with Crippen LogP contribution < -0.4 is 14.4 Å². The van der Waals surface area contributed by atoms with Gasteiger partial charge in [-0.2, -0.15) is 0 Å². The number of aryl methyl sites for hydroxylation is 1. The average molecular weight is 437 g/mol. The standard InChI is InChI=1S/C25H28N2O3S/c28-25-9-7-19-6-8-20(18-23(19)30-25)29-16-2-1-11-26-12-14-27(15-13-26)22-4-3-5-24-21(22)10-17-31-24/h3-6,8,10,17-18H,1-2,7,9,11-16H2. The molecule has 0 bridgehead atoms. The van der Waals surface area contributed by atoms with Gasteiger partial charge in [-0.3, -0.25) is 9.69 Å². The maximum atomic E-state index is 11.5. The van der Waals surface area contributed by atoms with Crippen LogP contribution in [0.5, 0.6) is 11.5 Å². The fourth-order valence-electron chi connectivity index (χ4n) is 4.43. The van der Waals surface area contributed by atoms with E-state index in [1.165, 1.54) is 15.8 Å². The van der Waals surface area contributed by atoms with Crippen LogP contribution in [0.3, 0.4) is 0 Å². The molecule has 0 unspecified atom stereocenters. The van der Waals surface area contributed by atoms with E-state index in [9.17, 15) is 4.79 Å². The molecule has 2 aromatic carbocycles. The van der Waals surface area contributed by atoms with Crippen molar-refractivity contribution >= 4 is 33.1 Å². The highest BCUT2D eigenvalue weighted by molar-refractivity contribution is 7.17. The first-order valence-corrected chi connectivity index (χ1v) is 12.0. The summed E-state index contributed by atoms with van der Waals surface area (Å²) in [7, 11) is 0. The Morgan fingerprint density at radius 2 is 1.90 bits per heavy atom. The zero-order chi connectivity index (χ0) is 21.0. The van der Waals surface area contributed by atoms with Crippen molar-refractivity contribution in [2.75, 3.05) is 44.2 Å². The van der Waals surface area contributed by atoms with E-state index in [4.69, 9.17) is 9.47 Å². The molecule has 2 aliphatic heterocycles. The van der Waals surface area contributed by atoms with E-state index in [0.29, 0.717) is 18.8 Å². The zero-order valence-electron chi connectivity index (χ0n) is 17.7. The number of benzene rings is 2. The maximum Gasteiger partial charge on any atom is 0.311 e. The molecule has 0 spiro atoms. The Kier molecular flexibility index (Phi) is 6.09. The molecule has 0 radical (unpaired) electrons. The number of thiophene rings is 1. The molecule has 0 amide bonds. The lowest BCUT2D eigenvalue weighted by Crippen LogP contribution is -2.46. The van der Waals surface area contributed by atoms with Crippen LogP contribution in [0.1, 0.15) is 24.8 Å². The lowest BCUT2D eigenvalue weighted by molar-refractivity contribution is -0.135. The van der Waals surface area contributed by atoms with E-state index in [1.54, 1.807) is 0 Å². The van der Waals surface area contributed by atoms with Crippen LogP contribution >= 0.6 is 11.3 Å². The summed E-state index contributed by atoms with van der Waals surface area (Å²) >= 11 is 1.82. The second-order valence-corrected chi connectivity index (χ2v) is 9.19. The number of nitrogens with zero attached hydrogens (tertiary/aromatic N) is 2. The number of unbranched alkanes of at least 4 members (excludes halogenated alkanes) is 1. The van der Waals surface area contributed by atoms with Gasteiger partial charge in [-0.1, -0.05) is 12.1 Å². The predicted molar refractivity (Wildman–Crippen MR) is 126 cm³/mol. The molecule has 0 aliphatic carbocycles. The molecule has 3 aromatic rings. The number of carbonyl (C=O) groups is 1. The fourth-order valence-corrected chi connectivity index (χ4v) is 5.24. The number of hydrogen-bond acceptors (Lipinski definition) is 6. The highest BCUT2D eigenvalue weighted by atomic mass is 32.1. The summed E-state index contributed by atoms with van der Waals surface area (Å²) in [6, 6.07) is 14.7. The Labute approximate surface area is 187 Å². The number of fused-ring (bicyclic) bond motifs is 2. The smallest absolute Gasteiger partial charge is 0.311 e. The number of hydrogen-bond donors (Lipinski definition) is 0. The lowest BCUT2D eigenvalue weighted by atomic mass is 10.1. The van der Waals surface area contributed by atoms with Crippen LogP contribution in [-0.2, 0) is 11.2 Å². The van der Waals surface area contributed by atoms with E-state index in [0.717, 1.165) is 63.3 Å². The summed E-state index contributed by atoms with van der Waals surface area (Å²) in [6.45, 7) is 6.18. The van der Waals surface area contributed by atoms with Crippen molar-refractivity contribution in [3.05, 3.63) is 53.4 Å². The summed E-state index contributed by atoms with van der Waals surface area (Å²) in [5, 5.41) is 3.57. The van der Waals surface area contributed by atoms with Crippen LogP contribution in [0.15, 0.2) is 47.8 Å². The molecule has 2 aliphatic rings. The molecule has 5 nitrogen and oxygen atoms in total. The molecule has 0 N–H and O–H groups in total. The van der Waals surface area contributed by atoms with E-state index < -0.39 is 0 Å². The maximum absolute atomic E-state index is 11.5. The Balaban J connectivity index is 1.03. The Morgan fingerprint density at radius 3 is 2.81 bits per heavy atom. The number of carbonyl (C=O) groups excluding carboxylic acids is 1. The van der Waals surface area contributed by atoms with Gasteiger partial charge in [-0.25, -0.2) is 0 Å². The quantitative estimate of drug-likeness (QED) is 0.304. The van der Waals surface area contributed by atoms with Gasteiger partial charge >= 0.3 is 5.97 Å². The van der Waals surface area contributed by atoms with Crippen molar-refractivity contribution < 1.29 is 14.3 Å². The molecular weight excluding hydrogens is 408 g/mol. The third-order valence-electron chi connectivity index (χ3n) is 6.18. The second-order valence-electron chi connectivity index (χ2n) is 8.24. The number of esters is 1. The molecule has 162 valence electrons. The lowest BCUT2D eigenvalue weighted by Gasteiger charge is -2.36. The van der Waals surface area contributed by atoms with E-state index in [1.807, 2.05) is 29.5 Å². The minimum atomic E-state index is -0.156. The zero-order valence-corrected chi connectivity index (χ0v) is 18.5. The van der Waals surface area contributed by atoms with Crippen molar-refractivity contribution in [2.24, 2.45) is 0 Å². The number of piperazine rings is 1. The van der Waals surface area contributed by atoms with Crippen LogP contribution in [0, 0.1) is 0 Å². The third-order valence-corrected chi connectivity index (χ3v) is 7.07. The third kappa shape index (κ3) is 4.70. The van der Waals surface area contributed by atoms with Crippen LogP contribution in [-0.4, -0.2) is 50.2 Å². The van der Waals surface area contributed by atoms with Gasteiger partial charge in [0.25, 0.3) is 0 Å². The first-order chi connectivity index (χ1) is 15.3. The minimum absolute atomic E-state index is 0.156. The van der Waals surface area contributed by atoms with E-state index >= 15 is 0 Å². The van der Waals surface area contributed by atoms with Gasteiger partial charge in [-0.05, 0) is 61.0 Å². The summed E-state index contributed by atoms with van der Waals surface area (Å²) in [5.41, 5.74) is 2.46. The molecule has 0 saturated carbocycles. The molecule has 5 rings (SSSR count). The van der Waals surface area contributed by atoms with Gasteiger partial charge in [-0.15, -0.1) is 11.3 Å². The van der Waals surface area contributed by atoms with Gasteiger partial charge in [0.15, 0.2) is 0 Å². The molecule has 3 heterocycles. The largest absolute Gasteiger partial charge is 0.493 e. The normalized spacial score (nSPS) is 16.9. The van der Waals surface area contributed by atoms with Crippen molar-refractivity contribution in [3.8, 4) is 11.5 Å². The number of anilines is 1. The van der Waals surface area contributed by atoms with E-state index in [2.05, 4.69) is 39.4 Å². The first kappa shape index (κ1) is 20.3. The number of ether oxygens (including phenoxy) is 2. The molecule has 1 aromatic heterocycles. The summed E-state index contributed by atoms with van der Waals surface area (Å²) in [5.74, 6) is 1.28. The van der Waals surface area contributed by atoms with Crippen molar-refractivity contribution in [2.45, 2.75) is 25.7 Å². The minimum Gasteiger partial charge on any atom is -0.493 e. The van der Waals surface area contributed by atoms with Gasteiger partial charge in [0.05, 0.1) is 13.0 Å². The van der Waals surface area contributed by atoms with Gasteiger partial charge in [0.1, 0.15) is 11.5 Å². The van der Waals surface area contributed by atoms with Crippen molar-refractivity contribution in [3.63, 3.8) is 0 Å². The van der Waals surface area contributed by atoms with Crippen LogP contribution in [0.4, 0.5) is 5.69 Å². The highest BCUT2D eigenvalue weighted by Crippen LogP contribution is 2.31. The van der Waals surface area contributed by atoms with E-state index in [-0.39, 0.29) is 5.97 Å². The first-order valence-electron chi connectivity index (χ1n) is 11.2.